The second-order valence-corrected chi connectivity index (χ2v) is 2.74. The molecule has 1 unspecified atom stereocenters. The van der Waals surface area contributed by atoms with E-state index < -0.39 is 0 Å². The van der Waals surface area contributed by atoms with Crippen LogP contribution in [0.5, 0.6) is 0 Å². The Bertz CT molecular complexity index is 125. The lowest BCUT2D eigenvalue weighted by Crippen LogP contribution is -2.27. The number of carbonyl (C=O) groups is 1. The first-order valence-electron chi connectivity index (χ1n) is 3.70. The van der Waals surface area contributed by atoms with E-state index in [2.05, 4.69) is 5.32 Å². The molecule has 0 aliphatic carbocycles. The van der Waals surface area contributed by atoms with Crippen LogP contribution in [0.25, 0.3) is 0 Å². The number of aliphatic hydroxyl groups excluding tert-OH is 1. The van der Waals surface area contributed by atoms with Gasteiger partial charge in [-0.25, -0.2) is 0 Å². The molecule has 1 saturated heterocycles. The number of hydrogen-bond donors (Lipinski definition) is 2. The van der Waals surface area contributed by atoms with Gasteiger partial charge in [0.25, 0.3) is 0 Å². The van der Waals surface area contributed by atoms with E-state index in [-0.39, 0.29) is 18.4 Å². The van der Waals surface area contributed by atoms with Gasteiger partial charge in [-0.05, 0) is 18.8 Å². The van der Waals surface area contributed by atoms with Crippen LogP contribution in [0.1, 0.15) is 19.3 Å². The van der Waals surface area contributed by atoms with Gasteiger partial charge in [0.05, 0.1) is 0 Å². The van der Waals surface area contributed by atoms with Gasteiger partial charge in [0.1, 0.15) is 0 Å². The van der Waals surface area contributed by atoms with Crippen LogP contribution in [0, 0.1) is 5.92 Å². The van der Waals surface area contributed by atoms with E-state index in [9.17, 15) is 4.79 Å². The number of rotatable bonds is 1. The van der Waals surface area contributed by atoms with E-state index in [1.54, 1.807) is 0 Å². The largest absolute Gasteiger partial charge is 0.396 e. The maximum Gasteiger partial charge on any atom is 0.220 e. The summed E-state index contributed by atoms with van der Waals surface area (Å²) in [6.07, 6.45) is 2.50. The van der Waals surface area contributed by atoms with Gasteiger partial charge in [-0.15, -0.1) is 0 Å². The molecule has 0 spiro atoms. The summed E-state index contributed by atoms with van der Waals surface area (Å²) in [6, 6.07) is 0. The van der Waals surface area contributed by atoms with Crippen molar-refractivity contribution in [3.05, 3.63) is 0 Å². The quantitative estimate of drug-likeness (QED) is 0.538. The van der Waals surface area contributed by atoms with E-state index in [4.69, 9.17) is 5.11 Å². The number of hydrogen-bond acceptors (Lipinski definition) is 2. The Balaban J connectivity index is 2.33. The average Bonchev–Trinajstić information content (AvgIpc) is 2.14. The van der Waals surface area contributed by atoms with Gasteiger partial charge in [-0.2, -0.15) is 0 Å². The molecule has 0 radical (unpaired) electrons. The van der Waals surface area contributed by atoms with Crippen molar-refractivity contribution in [2.24, 2.45) is 5.92 Å². The summed E-state index contributed by atoms with van der Waals surface area (Å²) in [6.45, 7) is 0.843. The van der Waals surface area contributed by atoms with Gasteiger partial charge < -0.3 is 10.4 Å². The van der Waals surface area contributed by atoms with Crippen LogP contribution in [0.2, 0.25) is 0 Å². The third kappa shape index (κ3) is 1.99. The Morgan fingerprint density at radius 3 is 3.20 bits per heavy atom. The van der Waals surface area contributed by atoms with Crippen LogP contribution in [0.3, 0.4) is 0 Å². The van der Waals surface area contributed by atoms with Gasteiger partial charge in [0, 0.05) is 19.6 Å². The first-order chi connectivity index (χ1) is 4.83. The molecule has 1 atom stereocenters. The van der Waals surface area contributed by atoms with Gasteiger partial charge >= 0.3 is 0 Å². The molecule has 0 aromatic heterocycles. The van der Waals surface area contributed by atoms with E-state index in [0.717, 1.165) is 12.8 Å². The van der Waals surface area contributed by atoms with Crippen LogP contribution >= 0.6 is 0 Å². The lowest BCUT2D eigenvalue weighted by molar-refractivity contribution is -0.120. The van der Waals surface area contributed by atoms with Crippen molar-refractivity contribution in [1.82, 2.24) is 5.32 Å². The van der Waals surface area contributed by atoms with Crippen molar-refractivity contribution in [1.29, 1.82) is 0 Å². The average molecular weight is 143 g/mol. The van der Waals surface area contributed by atoms with E-state index in [0.29, 0.717) is 13.0 Å². The maximum absolute atomic E-state index is 10.8. The lowest BCUT2D eigenvalue weighted by atomic mass is 10.1. The molecular formula is C7H13NO2. The first-order valence-corrected chi connectivity index (χ1v) is 3.70. The van der Waals surface area contributed by atoms with Crippen molar-refractivity contribution in [3.63, 3.8) is 0 Å². The smallest absolute Gasteiger partial charge is 0.220 e. The van der Waals surface area contributed by atoms with Crippen molar-refractivity contribution in [2.45, 2.75) is 19.3 Å². The molecule has 1 aliphatic heterocycles. The molecule has 1 fully saturated rings. The zero-order valence-corrected chi connectivity index (χ0v) is 5.97. The third-order valence-corrected chi connectivity index (χ3v) is 1.86. The Hall–Kier alpha value is -0.570. The minimum Gasteiger partial charge on any atom is -0.396 e. The predicted octanol–water partition coefficient (Wildman–Crippen LogP) is -0.105. The van der Waals surface area contributed by atoms with E-state index >= 15 is 0 Å². The van der Waals surface area contributed by atoms with Gasteiger partial charge in [-0.1, -0.05) is 0 Å². The third-order valence-electron chi connectivity index (χ3n) is 1.86. The van der Waals surface area contributed by atoms with Crippen LogP contribution in [-0.4, -0.2) is 24.2 Å². The van der Waals surface area contributed by atoms with E-state index in [1.165, 1.54) is 0 Å². The fraction of sp³-hybridized carbons (Fsp3) is 0.857. The Kier molecular flexibility index (Phi) is 2.68. The fourth-order valence-corrected chi connectivity index (χ4v) is 1.16. The normalized spacial score (nSPS) is 27.3. The van der Waals surface area contributed by atoms with Crippen molar-refractivity contribution >= 4 is 5.91 Å². The molecule has 58 valence electrons. The number of nitrogens with one attached hydrogen (secondary N) is 1. The Morgan fingerprint density at radius 1 is 1.70 bits per heavy atom. The van der Waals surface area contributed by atoms with Crippen LogP contribution in [-0.2, 0) is 4.79 Å². The molecule has 3 heteroatoms. The van der Waals surface area contributed by atoms with E-state index in [1.807, 2.05) is 0 Å². The molecule has 10 heavy (non-hydrogen) atoms. The molecule has 1 amide bonds. The monoisotopic (exact) mass is 143 g/mol. The van der Waals surface area contributed by atoms with Gasteiger partial charge in [0.2, 0.25) is 5.91 Å². The van der Waals surface area contributed by atoms with Gasteiger partial charge in [-0.3, -0.25) is 4.79 Å². The molecule has 0 aromatic rings. The highest BCUT2D eigenvalue weighted by Gasteiger charge is 2.13. The minimum absolute atomic E-state index is 0.121. The molecule has 0 saturated carbocycles. The first kappa shape index (κ1) is 7.54. The highest BCUT2D eigenvalue weighted by molar-refractivity contribution is 5.76. The van der Waals surface area contributed by atoms with Crippen LogP contribution in [0.15, 0.2) is 0 Å². The van der Waals surface area contributed by atoms with Crippen molar-refractivity contribution in [3.8, 4) is 0 Å². The maximum atomic E-state index is 10.8. The SMILES string of the molecule is O=C1CCCC(CO)CN1. The zero-order valence-electron chi connectivity index (χ0n) is 5.97. The molecule has 0 bridgehead atoms. The summed E-state index contributed by atoms with van der Waals surface area (Å²) in [5, 5.41) is 11.5. The molecule has 3 nitrogen and oxygen atoms in total. The Labute approximate surface area is 60.4 Å². The standard InChI is InChI=1S/C7H13NO2/c9-5-6-2-1-3-7(10)8-4-6/h6,9H,1-5H2,(H,8,10). The minimum atomic E-state index is 0.121. The number of carbonyl (C=O) groups excluding carboxylic acids is 1. The topological polar surface area (TPSA) is 49.3 Å². The molecule has 2 N–H and O–H groups in total. The molecule has 1 aliphatic rings. The Morgan fingerprint density at radius 2 is 2.50 bits per heavy atom. The number of amides is 1. The lowest BCUT2D eigenvalue weighted by Gasteiger charge is -2.08. The molecule has 1 rings (SSSR count). The molecular weight excluding hydrogens is 130 g/mol. The highest BCUT2D eigenvalue weighted by atomic mass is 16.3. The van der Waals surface area contributed by atoms with Gasteiger partial charge in [0.15, 0.2) is 0 Å². The second kappa shape index (κ2) is 3.56. The van der Waals surface area contributed by atoms with Crippen LogP contribution in [0.4, 0.5) is 0 Å². The summed E-state index contributed by atoms with van der Waals surface area (Å²) in [7, 11) is 0. The van der Waals surface area contributed by atoms with Crippen LogP contribution < -0.4 is 5.32 Å². The van der Waals surface area contributed by atoms with Crippen molar-refractivity contribution < 1.29 is 9.90 Å². The number of aliphatic hydroxyl groups is 1. The summed E-state index contributed by atoms with van der Waals surface area (Å²) < 4.78 is 0. The zero-order chi connectivity index (χ0) is 7.40. The summed E-state index contributed by atoms with van der Waals surface area (Å²) >= 11 is 0. The fourth-order valence-electron chi connectivity index (χ4n) is 1.16. The molecule has 0 aromatic carbocycles. The highest BCUT2D eigenvalue weighted by Crippen LogP contribution is 2.10. The summed E-state index contributed by atoms with van der Waals surface area (Å²) in [5.41, 5.74) is 0. The summed E-state index contributed by atoms with van der Waals surface area (Å²) in [5.74, 6) is 0.405. The summed E-state index contributed by atoms with van der Waals surface area (Å²) in [4.78, 5) is 10.8. The molecule has 1 heterocycles. The predicted molar refractivity (Wildman–Crippen MR) is 37.4 cm³/mol. The second-order valence-electron chi connectivity index (χ2n) is 2.74. The van der Waals surface area contributed by atoms with Crippen molar-refractivity contribution in [2.75, 3.05) is 13.2 Å².